The number of methoxy groups -OCH3 is 2. The van der Waals surface area contributed by atoms with Gasteiger partial charge < -0.3 is 9.47 Å². The molecule has 0 aliphatic heterocycles. The number of hydrogen-bond donors (Lipinski definition) is 0. The van der Waals surface area contributed by atoms with Crippen molar-refractivity contribution in [2.75, 3.05) is 27.4 Å². The van der Waals surface area contributed by atoms with Gasteiger partial charge in [0, 0.05) is 19.6 Å². The summed E-state index contributed by atoms with van der Waals surface area (Å²) in [5.41, 5.74) is 1.55. The molecular weight excluding hydrogens is 200 g/mol. The molecule has 0 aromatic carbocycles. The van der Waals surface area contributed by atoms with E-state index in [1.165, 1.54) is 5.57 Å². The molecule has 2 heteroatoms. The third-order valence-corrected chi connectivity index (χ3v) is 2.89. The first kappa shape index (κ1) is 15.7. The standard InChI is InChI=1S/C14H28O2/c1-7-13(4)9-14(10-15-5,11-16-6)8-12(2)3/h7,12H,8-11H2,1-6H3. The summed E-state index contributed by atoms with van der Waals surface area (Å²) in [7, 11) is 3.55. The van der Waals surface area contributed by atoms with Crippen LogP contribution in [-0.4, -0.2) is 27.4 Å². The second kappa shape index (κ2) is 7.86. The molecule has 0 aliphatic rings. The van der Waals surface area contributed by atoms with Crippen LogP contribution in [0.1, 0.15) is 40.5 Å². The zero-order valence-electron chi connectivity index (χ0n) is 11.8. The molecule has 16 heavy (non-hydrogen) atoms. The largest absolute Gasteiger partial charge is 0.384 e. The van der Waals surface area contributed by atoms with Gasteiger partial charge in [0.1, 0.15) is 0 Å². The summed E-state index contributed by atoms with van der Waals surface area (Å²) >= 11 is 0. The quantitative estimate of drug-likeness (QED) is 0.590. The lowest BCUT2D eigenvalue weighted by molar-refractivity contribution is -0.00308. The normalized spacial score (nSPS) is 13.6. The molecule has 0 radical (unpaired) electrons. The van der Waals surface area contributed by atoms with Gasteiger partial charge in [0.05, 0.1) is 13.2 Å². The van der Waals surface area contributed by atoms with Gasteiger partial charge in [0.25, 0.3) is 0 Å². The van der Waals surface area contributed by atoms with Crippen LogP contribution in [0, 0.1) is 11.3 Å². The van der Waals surface area contributed by atoms with E-state index >= 15 is 0 Å². The lowest BCUT2D eigenvalue weighted by atomic mass is 9.76. The minimum absolute atomic E-state index is 0.133. The van der Waals surface area contributed by atoms with Gasteiger partial charge in [-0.2, -0.15) is 0 Å². The van der Waals surface area contributed by atoms with Crippen LogP contribution in [0.25, 0.3) is 0 Å². The van der Waals surface area contributed by atoms with Crippen molar-refractivity contribution in [1.29, 1.82) is 0 Å². The number of allylic oxidation sites excluding steroid dienone is 2. The van der Waals surface area contributed by atoms with Gasteiger partial charge in [-0.25, -0.2) is 0 Å². The molecule has 0 aromatic heterocycles. The van der Waals surface area contributed by atoms with E-state index in [-0.39, 0.29) is 5.41 Å². The van der Waals surface area contributed by atoms with E-state index in [2.05, 4.69) is 33.8 Å². The van der Waals surface area contributed by atoms with Crippen molar-refractivity contribution in [2.24, 2.45) is 11.3 Å². The first-order valence-electron chi connectivity index (χ1n) is 6.09. The number of rotatable bonds is 8. The van der Waals surface area contributed by atoms with E-state index in [9.17, 15) is 0 Å². The third-order valence-electron chi connectivity index (χ3n) is 2.89. The van der Waals surface area contributed by atoms with Crippen molar-refractivity contribution in [1.82, 2.24) is 0 Å². The van der Waals surface area contributed by atoms with Gasteiger partial charge in [-0.3, -0.25) is 0 Å². The van der Waals surface area contributed by atoms with Gasteiger partial charge >= 0.3 is 0 Å². The molecular formula is C14H28O2. The first-order valence-corrected chi connectivity index (χ1v) is 6.09. The predicted molar refractivity (Wildman–Crippen MR) is 69.7 cm³/mol. The van der Waals surface area contributed by atoms with E-state index in [1.807, 2.05) is 0 Å². The van der Waals surface area contributed by atoms with Gasteiger partial charge in [-0.15, -0.1) is 0 Å². The van der Waals surface area contributed by atoms with Crippen molar-refractivity contribution >= 4 is 0 Å². The van der Waals surface area contributed by atoms with Crippen molar-refractivity contribution in [2.45, 2.75) is 40.5 Å². The van der Waals surface area contributed by atoms with Crippen molar-refractivity contribution in [3.63, 3.8) is 0 Å². The molecule has 0 bridgehead atoms. The Morgan fingerprint density at radius 3 is 2.00 bits per heavy atom. The highest BCUT2D eigenvalue weighted by atomic mass is 16.5. The Bertz CT molecular complexity index is 201. The summed E-state index contributed by atoms with van der Waals surface area (Å²) in [6.07, 6.45) is 4.38. The smallest absolute Gasteiger partial charge is 0.0543 e. The van der Waals surface area contributed by atoms with Crippen LogP contribution in [0.2, 0.25) is 0 Å². The molecule has 0 saturated heterocycles. The molecule has 0 amide bonds. The number of ether oxygens (including phenoxy) is 2. The van der Waals surface area contributed by atoms with Crippen LogP contribution < -0.4 is 0 Å². The highest BCUT2D eigenvalue weighted by molar-refractivity contribution is 5.02. The van der Waals surface area contributed by atoms with Crippen LogP contribution in [0.3, 0.4) is 0 Å². The van der Waals surface area contributed by atoms with E-state index in [0.29, 0.717) is 5.92 Å². The molecule has 96 valence electrons. The van der Waals surface area contributed by atoms with Crippen LogP contribution >= 0.6 is 0 Å². The molecule has 0 rings (SSSR count). The summed E-state index contributed by atoms with van der Waals surface area (Å²) in [5.74, 6) is 0.662. The van der Waals surface area contributed by atoms with Crippen LogP contribution in [0.15, 0.2) is 11.6 Å². The molecule has 0 aromatic rings. The van der Waals surface area contributed by atoms with Crippen molar-refractivity contribution < 1.29 is 9.47 Å². The van der Waals surface area contributed by atoms with Crippen LogP contribution in [-0.2, 0) is 9.47 Å². The van der Waals surface area contributed by atoms with Crippen LogP contribution in [0.5, 0.6) is 0 Å². The molecule has 0 heterocycles. The first-order chi connectivity index (χ1) is 7.49. The maximum absolute atomic E-state index is 5.40. The minimum Gasteiger partial charge on any atom is -0.384 e. The third kappa shape index (κ3) is 5.66. The zero-order chi connectivity index (χ0) is 12.6. The Morgan fingerprint density at radius 2 is 1.69 bits per heavy atom. The fourth-order valence-corrected chi connectivity index (χ4v) is 2.51. The molecule has 0 unspecified atom stereocenters. The minimum atomic E-state index is 0.133. The maximum Gasteiger partial charge on any atom is 0.0543 e. The average molecular weight is 228 g/mol. The highest BCUT2D eigenvalue weighted by Gasteiger charge is 2.31. The monoisotopic (exact) mass is 228 g/mol. The van der Waals surface area contributed by atoms with E-state index in [1.54, 1.807) is 14.2 Å². The Balaban J connectivity index is 4.76. The summed E-state index contributed by atoms with van der Waals surface area (Å²) < 4.78 is 10.8. The fraction of sp³-hybridized carbons (Fsp3) is 0.857. The fourth-order valence-electron chi connectivity index (χ4n) is 2.51. The van der Waals surface area contributed by atoms with Crippen molar-refractivity contribution in [3.05, 3.63) is 11.6 Å². The summed E-state index contributed by atoms with van der Waals surface area (Å²) in [5, 5.41) is 0. The lowest BCUT2D eigenvalue weighted by Gasteiger charge is -2.34. The Hall–Kier alpha value is -0.340. The van der Waals surface area contributed by atoms with E-state index in [4.69, 9.17) is 9.47 Å². The lowest BCUT2D eigenvalue weighted by Crippen LogP contribution is -2.33. The molecule has 0 spiro atoms. The van der Waals surface area contributed by atoms with E-state index in [0.717, 1.165) is 26.1 Å². The van der Waals surface area contributed by atoms with E-state index < -0.39 is 0 Å². The SMILES string of the molecule is CC=C(C)CC(COC)(COC)CC(C)C. The Kier molecular flexibility index (Phi) is 7.69. The van der Waals surface area contributed by atoms with Gasteiger partial charge in [0.2, 0.25) is 0 Å². The Labute approximate surface area is 101 Å². The summed E-state index contributed by atoms with van der Waals surface area (Å²) in [4.78, 5) is 0. The molecule has 0 aliphatic carbocycles. The molecule has 0 N–H and O–H groups in total. The highest BCUT2D eigenvalue weighted by Crippen LogP contribution is 2.34. The second-order valence-corrected chi connectivity index (χ2v) is 5.28. The van der Waals surface area contributed by atoms with Gasteiger partial charge in [0.15, 0.2) is 0 Å². The van der Waals surface area contributed by atoms with Gasteiger partial charge in [-0.1, -0.05) is 25.5 Å². The van der Waals surface area contributed by atoms with Crippen molar-refractivity contribution in [3.8, 4) is 0 Å². The predicted octanol–water partition coefficient (Wildman–Crippen LogP) is 3.67. The van der Waals surface area contributed by atoms with Crippen LogP contribution in [0.4, 0.5) is 0 Å². The molecule has 2 nitrogen and oxygen atoms in total. The number of hydrogen-bond acceptors (Lipinski definition) is 2. The van der Waals surface area contributed by atoms with Gasteiger partial charge in [-0.05, 0) is 32.6 Å². The Morgan fingerprint density at radius 1 is 1.19 bits per heavy atom. The zero-order valence-corrected chi connectivity index (χ0v) is 11.8. The molecule has 0 saturated carbocycles. The summed E-state index contributed by atoms with van der Waals surface area (Å²) in [6, 6.07) is 0. The molecule has 0 fully saturated rings. The summed E-state index contributed by atoms with van der Waals surface area (Å²) in [6.45, 7) is 10.3. The molecule has 0 atom stereocenters. The maximum atomic E-state index is 5.40. The average Bonchev–Trinajstić information content (AvgIpc) is 2.17. The second-order valence-electron chi connectivity index (χ2n) is 5.28. The topological polar surface area (TPSA) is 18.5 Å².